The van der Waals surface area contributed by atoms with Gasteiger partial charge in [0.25, 0.3) is 0 Å². The summed E-state index contributed by atoms with van der Waals surface area (Å²) in [5.74, 6) is -5.95. The Balaban J connectivity index is 3.19. The molecule has 3 nitrogen and oxygen atoms in total. The number of rotatable bonds is 3. The van der Waals surface area contributed by atoms with Crippen molar-refractivity contribution in [2.75, 3.05) is 6.61 Å². The Bertz CT molecular complexity index is 451. The summed E-state index contributed by atoms with van der Waals surface area (Å²) in [5, 5.41) is 9.42. The van der Waals surface area contributed by atoms with Crippen LogP contribution in [0.2, 0.25) is 0 Å². The fraction of sp³-hybridized carbons (Fsp3) is 0.300. The van der Waals surface area contributed by atoms with Crippen molar-refractivity contribution >= 4 is 21.9 Å². The maximum Gasteiger partial charge on any atom is 0.339 e. The zero-order valence-corrected chi connectivity index (χ0v) is 10.2. The van der Waals surface area contributed by atoms with Gasteiger partial charge in [-0.15, -0.1) is 0 Å². The van der Waals surface area contributed by atoms with Crippen molar-refractivity contribution in [3.8, 4) is 0 Å². The van der Waals surface area contributed by atoms with Gasteiger partial charge in [-0.1, -0.05) is 0 Å². The minimum atomic E-state index is -2.00. The topological polar surface area (TPSA) is 46.5 Å². The van der Waals surface area contributed by atoms with E-state index in [1.54, 1.807) is 0 Å². The molecule has 1 unspecified atom stereocenters. The number of halogens is 4. The quantitative estimate of drug-likeness (QED) is 0.530. The molecule has 0 saturated carbocycles. The summed E-state index contributed by atoms with van der Waals surface area (Å²) in [6.07, 6.45) is -2.00. The number of aliphatic hydroxyl groups is 1. The third kappa shape index (κ3) is 2.78. The van der Waals surface area contributed by atoms with Crippen molar-refractivity contribution in [1.29, 1.82) is 0 Å². The van der Waals surface area contributed by atoms with Crippen LogP contribution in [-0.4, -0.2) is 17.7 Å². The molecular weight excluding hydrogens is 305 g/mol. The maximum atomic E-state index is 13.3. The number of benzene rings is 1. The van der Waals surface area contributed by atoms with Gasteiger partial charge in [0.2, 0.25) is 0 Å². The van der Waals surface area contributed by atoms with E-state index in [0.29, 0.717) is 0 Å². The van der Waals surface area contributed by atoms with E-state index in [1.807, 2.05) is 0 Å². The average Bonchev–Trinajstić information content (AvgIpc) is 2.30. The van der Waals surface area contributed by atoms with E-state index in [2.05, 4.69) is 20.7 Å². The molecule has 1 rings (SSSR count). The Labute approximate surface area is 103 Å². The molecule has 0 aliphatic rings. The van der Waals surface area contributed by atoms with Crippen molar-refractivity contribution in [2.45, 2.75) is 13.0 Å². The summed E-state index contributed by atoms with van der Waals surface area (Å²) >= 11 is 2.64. The third-order valence-corrected chi connectivity index (χ3v) is 2.51. The fourth-order valence-corrected chi connectivity index (χ4v) is 1.56. The molecule has 0 fully saturated rings. The SMILES string of the molecule is CCOC(=O)C(O)c1cc(Br)c(F)c(F)c1F. The lowest BCUT2D eigenvalue weighted by molar-refractivity contribution is -0.153. The predicted molar refractivity (Wildman–Crippen MR) is 55.6 cm³/mol. The molecule has 17 heavy (non-hydrogen) atoms. The molecular formula is C10H8BrF3O3. The minimum absolute atomic E-state index is 0.0254. The second-order valence-electron chi connectivity index (χ2n) is 3.04. The Kier molecular flexibility index (Phi) is 4.53. The molecule has 0 bridgehead atoms. The predicted octanol–water partition coefficient (Wildman–Crippen LogP) is 2.46. The Morgan fingerprint density at radius 2 is 2.00 bits per heavy atom. The summed E-state index contributed by atoms with van der Waals surface area (Å²) in [5.41, 5.74) is -0.686. The first-order valence-corrected chi connectivity index (χ1v) is 5.37. The smallest absolute Gasteiger partial charge is 0.339 e. The van der Waals surface area contributed by atoms with Gasteiger partial charge >= 0.3 is 5.97 Å². The maximum absolute atomic E-state index is 13.3. The third-order valence-electron chi connectivity index (χ3n) is 1.94. The molecule has 0 radical (unpaired) electrons. The Hall–Kier alpha value is -1.08. The van der Waals surface area contributed by atoms with Gasteiger partial charge in [-0.05, 0) is 28.9 Å². The molecule has 0 amide bonds. The van der Waals surface area contributed by atoms with Crippen LogP contribution in [0.1, 0.15) is 18.6 Å². The van der Waals surface area contributed by atoms with Gasteiger partial charge in [0.05, 0.1) is 11.1 Å². The van der Waals surface area contributed by atoms with E-state index in [1.165, 1.54) is 6.92 Å². The van der Waals surface area contributed by atoms with Crippen LogP contribution in [0.25, 0.3) is 0 Å². The number of esters is 1. The van der Waals surface area contributed by atoms with E-state index in [-0.39, 0.29) is 6.61 Å². The summed E-state index contributed by atoms with van der Waals surface area (Å²) in [6.45, 7) is 1.46. The van der Waals surface area contributed by atoms with E-state index in [4.69, 9.17) is 0 Å². The molecule has 1 N–H and O–H groups in total. The average molecular weight is 313 g/mol. The van der Waals surface area contributed by atoms with Gasteiger partial charge in [-0.25, -0.2) is 18.0 Å². The standard InChI is InChI=1S/C10H8BrF3O3/c1-2-17-10(16)9(15)4-3-5(11)7(13)8(14)6(4)12/h3,9,15H,2H2,1H3. The normalized spacial score (nSPS) is 12.4. The zero-order chi connectivity index (χ0) is 13.2. The minimum Gasteiger partial charge on any atom is -0.464 e. The monoisotopic (exact) mass is 312 g/mol. The van der Waals surface area contributed by atoms with Crippen LogP contribution in [0.5, 0.6) is 0 Å². The highest BCUT2D eigenvalue weighted by Crippen LogP contribution is 2.28. The largest absolute Gasteiger partial charge is 0.464 e. The summed E-state index contributed by atoms with van der Waals surface area (Å²) < 4.78 is 43.3. The number of hydrogen-bond donors (Lipinski definition) is 1. The van der Waals surface area contributed by atoms with E-state index in [0.717, 1.165) is 6.07 Å². The molecule has 0 saturated heterocycles. The van der Waals surface area contributed by atoms with Gasteiger partial charge in [-0.2, -0.15) is 0 Å². The molecule has 1 aromatic carbocycles. The van der Waals surface area contributed by atoms with Crippen LogP contribution >= 0.6 is 15.9 Å². The first-order chi connectivity index (χ1) is 7.90. The molecule has 1 aromatic rings. The lowest BCUT2D eigenvalue weighted by atomic mass is 10.1. The van der Waals surface area contributed by atoms with E-state index < -0.39 is 39.6 Å². The van der Waals surface area contributed by atoms with Gasteiger partial charge in [0, 0.05) is 5.56 Å². The first kappa shape index (κ1) is 14.0. The van der Waals surface area contributed by atoms with Crippen LogP contribution in [0.4, 0.5) is 13.2 Å². The number of carbonyl (C=O) groups excluding carboxylic acids is 1. The summed E-state index contributed by atoms with van der Waals surface area (Å²) in [4.78, 5) is 11.1. The van der Waals surface area contributed by atoms with Crippen molar-refractivity contribution in [1.82, 2.24) is 0 Å². The van der Waals surface area contributed by atoms with Crippen molar-refractivity contribution in [3.05, 3.63) is 33.6 Å². The molecule has 0 spiro atoms. The van der Waals surface area contributed by atoms with Crippen molar-refractivity contribution in [3.63, 3.8) is 0 Å². The molecule has 0 aliphatic heterocycles. The van der Waals surface area contributed by atoms with E-state index in [9.17, 15) is 23.1 Å². The van der Waals surface area contributed by atoms with Crippen LogP contribution in [0.15, 0.2) is 10.5 Å². The van der Waals surface area contributed by atoms with Crippen molar-refractivity contribution in [2.24, 2.45) is 0 Å². The van der Waals surface area contributed by atoms with Gasteiger partial charge < -0.3 is 9.84 Å². The van der Waals surface area contributed by atoms with Crippen LogP contribution < -0.4 is 0 Å². The molecule has 7 heteroatoms. The first-order valence-electron chi connectivity index (χ1n) is 4.57. The van der Waals surface area contributed by atoms with Gasteiger partial charge in [-0.3, -0.25) is 0 Å². The summed E-state index contributed by atoms with van der Waals surface area (Å²) in [6, 6.07) is 0.787. The van der Waals surface area contributed by atoms with Crippen molar-refractivity contribution < 1.29 is 27.8 Å². The lowest BCUT2D eigenvalue weighted by Crippen LogP contribution is -2.17. The van der Waals surface area contributed by atoms with Crippen LogP contribution in [0, 0.1) is 17.5 Å². The summed E-state index contributed by atoms with van der Waals surface area (Å²) in [7, 11) is 0. The molecule has 1 atom stereocenters. The molecule has 0 aliphatic carbocycles. The Morgan fingerprint density at radius 3 is 2.53 bits per heavy atom. The molecule has 94 valence electrons. The fourth-order valence-electron chi connectivity index (χ4n) is 1.14. The number of carbonyl (C=O) groups is 1. The number of ether oxygens (including phenoxy) is 1. The van der Waals surface area contributed by atoms with E-state index >= 15 is 0 Å². The highest BCUT2D eigenvalue weighted by molar-refractivity contribution is 9.10. The zero-order valence-electron chi connectivity index (χ0n) is 8.64. The van der Waals surface area contributed by atoms with Crippen LogP contribution in [-0.2, 0) is 9.53 Å². The van der Waals surface area contributed by atoms with Gasteiger partial charge in [0.15, 0.2) is 23.6 Å². The Morgan fingerprint density at radius 1 is 1.41 bits per heavy atom. The second-order valence-corrected chi connectivity index (χ2v) is 3.90. The van der Waals surface area contributed by atoms with Gasteiger partial charge in [0.1, 0.15) is 0 Å². The van der Waals surface area contributed by atoms with Crippen LogP contribution in [0.3, 0.4) is 0 Å². The second kappa shape index (κ2) is 5.50. The highest BCUT2D eigenvalue weighted by atomic mass is 79.9. The molecule has 0 heterocycles. The number of hydrogen-bond acceptors (Lipinski definition) is 3. The molecule has 0 aromatic heterocycles. The lowest BCUT2D eigenvalue weighted by Gasteiger charge is -2.12. The highest BCUT2D eigenvalue weighted by Gasteiger charge is 2.27. The number of aliphatic hydroxyl groups excluding tert-OH is 1.